The second kappa shape index (κ2) is 8.58. The standard InChI is InChI=1S/C20H19FN2O2S/c1-25-17-8-2-14(3-9-17)12-22-19(24)10-11-20-23-18(13-26-20)15-4-6-16(21)7-5-15/h2-9,13H,10-12H2,1H3,(H,22,24). The molecule has 4 nitrogen and oxygen atoms in total. The number of thiazole rings is 1. The minimum absolute atomic E-state index is 0.0145. The van der Waals surface area contributed by atoms with E-state index in [1.54, 1.807) is 19.2 Å². The molecule has 0 fully saturated rings. The van der Waals surface area contributed by atoms with Crippen LogP contribution < -0.4 is 10.1 Å². The second-order valence-corrected chi connectivity index (χ2v) is 6.70. The van der Waals surface area contributed by atoms with Gasteiger partial charge in [0.05, 0.1) is 17.8 Å². The summed E-state index contributed by atoms with van der Waals surface area (Å²) in [5, 5.41) is 5.73. The number of benzene rings is 2. The average Bonchev–Trinajstić information content (AvgIpc) is 3.14. The van der Waals surface area contributed by atoms with E-state index < -0.39 is 0 Å². The number of hydrogen-bond acceptors (Lipinski definition) is 4. The second-order valence-electron chi connectivity index (χ2n) is 5.76. The van der Waals surface area contributed by atoms with Crippen LogP contribution in [0.4, 0.5) is 4.39 Å². The van der Waals surface area contributed by atoms with Crippen LogP contribution >= 0.6 is 11.3 Å². The summed E-state index contributed by atoms with van der Waals surface area (Å²) in [4.78, 5) is 16.5. The molecule has 26 heavy (non-hydrogen) atoms. The third-order valence-corrected chi connectivity index (χ3v) is 4.81. The van der Waals surface area contributed by atoms with Crippen molar-refractivity contribution in [3.05, 3.63) is 70.3 Å². The number of hydrogen-bond donors (Lipinski definition) is 1. The van der Waals surface area contributed by atoms with Gasteiger partial charge in [0.2, 0.25) is 5.91 Å². The van der Waals surface area contributed by atoms with Crippen LogP contribution in [0.3, 0.4) is 0 Å². The van der Waals surface area contributed by atoms with Crippen LogP contribution in [0.1, 0.15) is 17.0 Å². The minimum Gasteiger partial charge on any atom is -0.497 e. The summed E-state index contributed by atoms with van der Waals surface area (Å²) in [7, 11) is 1.62. The van der Waals surface area contributed by atoms with E-state index in [1.165, 1.54) is 23.5 Å². The first-order chi connectivity index (χ1) is 12.6. The monoisotopic (exact) mass is 370 g/mol. The van der Waals surface area contributed by atoms with Gasteiger partial charge in [-0.1, -0.05) is 12.1 Å². The number of amides is 1. The first-order valence-electron chi connectivity index (χ1n) is 8.24. The molecule has 0 radical (unpaired) electrons. The van der Waals surface area contributed by atoms with Crippen molar-refractivity contribution in [3.63, 3.8) is 0 Å². The molecule has 1 heterocycles. The van der Waals surface area contributed by atoms with E-state index in [1.807, 2.05) is 29.6 Å². The molecule has 0 atom stereocenters. The highest BCUT2D eigenvalue weighted by molar-refractivity contribution is 7.09. The predicted molar refractivity (Wildman–Crippen MR) is 101 cm³/mol. The van der Waals surface area contributed by atoms with Gasteiger partial charge in [-0.05, 0) is 42.0 Å². The first kappa shape index (κ1) is 18.1. The summed E-state index contributed by atoms with van der Waals surface area (Å²) in [6, 6.07) is 13.8. The average molecular weight is 370 g/mol. The lowest BCUT2D eigenvalue weighted by atomic mass is 10.2. The number of ether oxygens (including phenoxy) is 1. The molecule has 6 heteroatoms. The molecule has 0 saturated heterocycles. The van der Waals surface area contributed by atoms with Gasteiger partial charge in [0, 0.05) is 30.3 Å². The lowest BCUT2D eigenvalue weighted by Crippen LogP contribution is -2.22. The summed E-state index contributed by atoms with van der Waals surface area (Å²) < 4.78 is 18.1. The van der Waals surface area contributed by atoms with Crippen LogP contribution in [0.25, 0.3) is 11.3 Å². The Kier molecular flexibility index (Phi) is 5.96. The smallest absolute Gasteiger partial charge is 0.220 e. The normalized spacial score (nSPS) is 10.5. The van der Waals surface area contributed by atoms with Crippen molar-refractivity contribution in [1.82, 2.24) is 10.3 Å². The maximum Gasteiger partial charge on any atom is 0.220 e. The van der Waals surface area contributed by atoms with Gasteiger partial charge >= 0.3 is 0 Å². The van der Waals surface area contributed by atoms with Gasteiger partial charge in [0.15, 0.2) is 0 Å². The minimum atomic E-state index is -0.266. The van der Waals surface area contributed by atoms with Crippen LogP contribution in [0.5, 0.6) is 5.75 Å². The molecule has 134 valence electrons. The van der Waals surface area contributed by atoms with Gasteiger partial charge in [0.25, 0.3) is 0 Å². The number of aromatic nitrogens is 1. The Labute approximate surface area is 155 Å². The van der Waals surface area contributed by atoms with E-state index in [9.17, 15) is 9.18 Å². The largest absolute Gasteiger partial charge is 0.497 e. The zero-order valence-corrected chi connectivity index (χ0v) is 15.2. The zero-order valence-electron chi connectivity index (χ0n) is 14.4. The molecular weight excluding hydrogens is 351 g/mol. The molecular formula is C20H19FN2O2S. The lowest BCUT2D eigenvalue weighted by molar-refractivity contribution is -0.121. The van der Waals surface area contributed by atoms with Crippen LogP contribution in [0.2, 0.25) is 0 Å². The quantitative estimate of drug-likeness (QED) is 0.678. The summed E-state index contributed by atoms with van der Waals surface area (Å²) >= 11 is 1.51. The number of aryl methyl sites for hydroxylation is 1. The van der Waals surface area contributed by atoms with E-state index in [4.69, 9.17) is 4.74 Å². The molecule has 0 aliphatic carbocycles. The van der Waals surface area contributed by atoms with Crippen LogP contribution in [-0.4, -0.2) is 18.0 Å². The maximum atomic E-state index is 13.0. The first-order valence-corrected chi connectivity index (χ1v) is 9.12. The molecule has 0 bridgehead atoms. The fourth-order valence-corrected chi connectivity index (χ4v) is 3.24. The Morgan fingerprint density at radius 2 is 1.88 bits per heavy atom. The highest BCUT2D eigenvalue weighted by atomic mass is 32.1. The predicted octanol–water partition coefficient (Wildman–Crippen LogP) is 4.21. The molecule has 1 amide bonds. The topological polar surface area (TPSA) is 51.2 Å². The summed E-state index contributed by atoms with van der Waals surface area (Å²) in [6.07, 6.45) is 0.965. The Bertz CT molecular complexity index is 860. The summed E-state index contributed by atoms with van der Waals surface area (Å²) in [5.41, 5.74) is 2.70. The lowest BCUT2D eigenvalue weighted by Gasteiger charge is -2.06. The van der Waals surface area contributed by atoms with Gasteiger partial charge in [-0.2, -0.15) is 0 Å². The van der Waals surface area contributed by atoms with Crippen molar-refractivity contribution in [2.75, 3.05) is 7.11 Å². The van der Waals surface area contributed by atoms with Crippen LogP contribution in [0.15, 0.2) is 53.9 Å². The number of nitrogens with one attached hydrogen (secondary N) is 1. The Hall–Kier alpha value is -2.73. The van der Waals surface area contributed by atoms with Gasteiger partial charge in [-0.15, -0.1) is 11.3 Å². The van der Waals surface area contributed by atoms with E-state index in [2.05, 4.69) is 10.3 Å². The highest BCUT2D eigenvalue weighted by Crippen LogP contribution is 2.22. The van der Waals surface area contributed by atoms with E-state index in [0.29, 0.717) is 19.4 Å². The SMILES string of the molecule is COc1ccc(CNC(=O)CCc2nc(-c3ccc(F)cc3)cs2)cc1. The molecule has 2 aromatic carbocycles. The molecule has 1 N–H and O–H groups in total. The van der Waals surface area contributed by atoms with Crippen molar-refractivity contribution < 1.29 is 13.9 Å². The van der Waals surface area contributed by atoms with Crippen molar-refractivity contribution >= 4 is 17.2 Å². The Balaban J connectivity index is 1.47. The third kappa shape index (κ3) is 4.89. The van der Waals surface area contributed by atoms with E-state index >= 15 is 0 Å². The highest BCUT2D eigenvalue weighted by Gasteiger charge is 2.08. The molecule has 0 spiro atoms. The summed E-state index contributed by atoms with van der Waals surface area (Å²) in [5.74, 6) is 0.512. The van der Waals surface area contributed by atoms with Crippen molar-refractivity contribution in [3.8, 4) is 17.0 Å². The van der Waals surface area contributed by atoms with Gasteiger partial charge in [-0.3, -0.25) is 4.79 Å². The molecule has 0 unspecified atom stereocenters. The summed E-state index contributed by atoms with van der Waals surface area (Å²) in [6.45, 7) is 0.488. The maximum absolute atomic E-state index is 13.0. The number of methoxy groups -OCH3 is 1. The number of carbonyl (C=O) groups excluding carboxylic acids is 1. The van der Waals surface area contributed by atoms with Crippen LogP contribution in [0, 0.1) is 5.82 Å². The molecule has 0 aliphatic rings. The fraction of sp³-hybridized carbons (Fsp3) is 0.200. The van der Waals surface area contributed by atoms with Crippen LogP contribution in [-0.2, 0) is 17.8 Å². The van der Waals surface area contributed by atoms with Gasteiger partial charge in [-0.25, -0.2) is 9.37 Å². The van der Waals surface area contributed by atoms with E-state index in [-0.39, 0.29) is 11.7 Å². The zero-order chi connectivity index (χ0) is 18.4. The van der Waals surface area contributed by atoms with Crippen molar-refractivity contribution in [1.29, 1.82) is 0 Å². The van der Waals surface area contributed by atoms with E-state index in [0.717, 1.165) is 27.6 Å². The number of halogens is 1. The van der Waals surface area contributed by atoms with Crippen molar-refractivity contribution in [2.45, 2.75) is 19.4 Å². The molecule has 0 saturated carbocycles. The molecule has 0 aliphatic heterocycles. The molecule has 3 aromatic rings. The Morgan fingerprint density at radius 1 is 1.15 bits per heavy atom. The Morgan fingerprint density at radius 3 is 2.58 bits per heavy atom. The van der Waals surface area contributed by atoms with Gasteiger partial charge in [0.1, 0.15) is 11.6 Å². The van der Waals surface area contributed by atoms with Crippen molar-refractivity contribution in [2.24, 2.45) is 0 Å². The van der Waals surface area contributed by atoms with Gasteiger partial charge < -0.3 is 10.1 Å². The number of nitrogens with zero attached hydrogens (tertiary/aromatic N) is 1. The number of carbonyl (C=O) groups is 1. The fourth-order valence-electron chi connectivity index (χ4n) is 2.43. The molecule has 1 aromatic heterocycles. The molecule has 3 rings (SSSR count). The third-order valence-electron chi connectivity index (χ3n) is 3.91. The number of rotatable bonds is 7.